The molecule has 0 radical (unpaired) electrons. The van der Waals surface area contributed by atoms with E-state index in [4.69, 9.17) is 0 Å². The molecule has 0 saturated heterocycles. The molecule has 0 aliphatic carbocycles. The van der Waals surface area contributed by atoms with Crippen molar-refractivity contribution in [3.05, 3.63) is 36.3 Å². The molecular formula is C11H13N3O. The maximum absolute atomic E-state index is 9.22. The third-order valence-electron chi connectivity index (χ3n) is 2.29. The minimum Gasteiger partial charge on any atom is -0.392 e. The number of rotatable bonds is 3. The van der Waals surface area contributed by atoms with Crippen LogP contribution in [-0.4, -0.2) is 19.9 Å². The molecule has 0 bridgehead atoms. The molecular weight excluding hydrogens is 190 g/mol. The highest BCUT2D eigenvalue weighted by Crippen LogP contribution is 2.21. The molecule has 4 heteroatoms. The predicted octanol–water partition coefficient (Wildman–Crippen LogP) is 1.46. The van der Waals surface area contributed by atoms with Crippen molar-refractivity contribution in [2.75, 3.05) is 0 Å². The Hall–Kier alpha value is -1.68. The van der Waals surface area contributed by atoms with E-state index in [1.54, 1.807) is 12.4 Å². The van der Waals surface area contributed by atoms with E-state index in [-0.39, 0.29) is 6.61 Å². The first-order valence-electron chi connectivity index (χ1n) is 4.92. The van der Waals surface area contributed by atoms with Crippen LogP contribution in [0.4, 0.5) is 0 Å². The Morgan fingerprint density at radius 3 is 2.67 bits per heavy atom. The molecule has 15 heavy (non-hydrogen) atoms. The molecule has 0 unspecified atom stereocenters. The summed E-state index contributed by atoms with van der Waals surface area (Å²) >= 11 is 0. The Morgan fingerprint density at radius 1 is 1.33 bits per heavy atom. The van der Waals surface area contributed by atoms with Gasteiger partial charge in [-0.1, -0.05) is 0 Å². The van der Waals surface area contributed by atoms with E-state index in [1.165, 1.54) is 0 Å². The third-order valence-corrected chi connectivity index (χ3v) is 2.29. The van der Waals surface area contributed by atoms with Gasteiger partial charge in [0.15, 0.2) is 0 Å². The van der Waals surface area contributed by atoms with Gasteiger partial charge in [0.2, 0.25) is 0 Å². The molecule has 78 valence electrons. The van der Waals surface area contributed by atoms with Crippen LogP contribution in [0.15, 0.2) is 30.7 Å². The summed E-state index contributed by atoms with van der Waals surface area (Å²) in [5, 5.41) is 13.6. The van der Waals surface area contributed by atoms with E-state index in [0.717, 1.165) is 23.4 Å². The largest absolute Gasteiger partial charge is 0.392 e. The van der Waals surface area contributed by atoms with Crippen molar-refractivity contribution in [2.45, 2.75) is 20.1 Å². The number of aliphatic hydroxyl groups is 1. The highest BCUT2D eigenvalue weighted by molar-refractivity contribution is 5.61. The van der Waals surface area contributed by atoms with Gasteiger partial charge in [0, 0.05) is 36.3 Å². The zero-order valence-corrected chi connectivity index (χ0v) is 8.59. The highest BCUT2D eigenvalue weighted by Gasteiger charge is 2.09. The number of aryl methyl sites for hydroxylation is 1. The van der Waals surface area contributed by atoms with Gasteiger partial charge in [0.05, 0.1) is 12.3 Å². The first-order valence-corrected chi connectivity index (χ1v) is 4.92. The third kappa shape index (κ3) is 1.89. The second kappa shape index (κ2) is 4.23. The number of hydrogen-bond donors (Lipinski definition) is 1. The monoisotopic (exact) mass is 203 g/mol. The molecule has 0 spiro atoms. The van der Waals surface area contributed by atoms with E-state index < -0.39 is 0 Å². The van der Waals surface area contributed by atoms with Crippen LogP contribution < -0.4 is 0 Å². The van der Waals surface area contributed by atoms with E-state index in [9.17, 15) is 5.11 Å². The van der Waals surface area contributed by atoms with Crippen molar-refractivity contribution in [2.24, 2.45) is 0 Å². The first-order chi connectivity index (χ1) is 7.35. The SMILES string of the molecule is CCn1cc(CO)c(-c2ccncc2)n1. The minimum absolute atomic E-state index is 0.0116. The Morgan fingerprint density at radius 2 is 2.07 bits per heavy atom. The molecule has 0 aromatic carbocycles. The zero-order valence-electron chi connectivity index (χ0n) is 8.59. The molecule has 0 amide bonds. The van der Waals surface area contributed by atoms with E-state index in [0.29, 0.717) is 0 Å². The van der Waals surface area contributed by atoms with E-state index in [1.807, 2.05) is 29.9 Å². The van der Waals surface area contributed by atoms with Gasteiger partial charge in [-0.15, -0.1) is 0 Å². The van der Waals surface area contributed by atoms with Gasteiger partial charge in [-0.2, -0.15) is 5.10 Å². The lowest BCUT2D eigenvalue weighted by Gasteiger charge is -1.97. The summed E-state index contributed by atoms with van der Waals surface area (Å²) in [5.41, 5.74) is 2.67. The lowest BCUT2D eigenvalue weighted by atomic mass is 10.1. The summed E-state index contributed by atoms with van der Waals surface area (Å²) in [6.07, 6.45) is 5.32. The average molecular weight is 203 g/mol. The second-order valence-electron chi connectivity index (χ2n) is 3.25. The van der Waals surface area contributed by atoms with Gasteiger partial charge in [-0.05, 0) is 19.1 Å². The molecule has 0 saturated carbocycles. The summed E-state index contributed by atoms with van der Waals surface area (Å²) in [4.78, 5) is 3.96. The van der Waals surface area contributed by atoms with Crippen molar-refractivity contribution >= 4 is 0 Å². The molecule has 2 rings (SSSR count). The zero-order chi connectivity index (χ0) is 10.7. The quantitative estimate of drug-likeness (QED) is 0.821. The van der Waals surface area contributed by atoms with Crippen molar-refractivity contribution < 1.29 is 5.11 Å². The molecule has 2 aromatic rings. The number of pyridine rings is 1. The Balaban J connectivity index is 2.47. The molecule has 1 N–H and O–H groups in total. The smallest absolute Gasteiger partial charge is 0.0979 e. The molecule has 0 aliphatic heterocycles. The minimum atomic E-state index is 0.0116. The van der Waals surface area contributed by atoms with Crippen LogP contribution in [0, 0.1) is 0 Å². The Labute approximate surface area is 88.2 Å². The highest BCUT2D eigenvalue weighted by atomic mass is 16.3. The van der Waals surface area contributed by atoms with Gasteiger partial charge in [0.1, 0.15) is 0 Å². The lowest BCUT2D eigenvalue weighted by molar-refractivity contribution is 0.282. The van der Waals surface area contributed by atoms with E-state index >= 15 is 0 Å². The molecule has 0 fully saturated rings. The van der Waals surface area contributed by atoms with Gasteiger partial charge >= 0.3 is 0 Å². The normalized spacial score (nSPS) is 10.5. The molecule has 2 heterocycles. The summed E-state index contributed by atoms with van der Waals surface area (Å²) in [6, 6.07) is 3.78. The van der Waals surface area contributed by atoms with Gasteiger partial charge in [-0.3, -0.25) is 9.67 Å². The summed E-state index contributed by atoms with van der Waals surface area (Å²) in [6.45, 7) is 2.83. The number of hydrogen-bond acceptors (Lipinski definition) is 3. The molecule has 2 aromatic heterocycles. The van der Waals surface area contributed by atoms with Gasteiger partial charge < -0.3 is 5.11 Å². The van der Waals surface area contributed by atoms with Gasteiger partial charge in [-0.25, -0.2) is 0 Å². The summed E-state index contributed by atoms with van der Waals surface area (Å²) in [5.74, 6) is 0. The number of aliphatic hydroxyl groups excluding tert-OH is 1. The summed E-state index contributed by atoms with van der Waals surface area (Å²) in [7, 11) is 0. The van der Waals surface area contributed by atoms with Crippen molar-refractivity contribution in [3.63, 3.8) is 0 Å². The fourth-order valence-electron chi connectivity index (χ4n) is 1.49. The van der Waals surface area contributed by atoms with Crippen LogP contribution in [0.25, 0.3) is 11.3 Å². The first kappa shape index (κ1) is 9.86. The standard InChI is InChI=1S/C11H13N3O/c1-2-14-7-10(8-15)11(13-14)9-3-5-12-6-4-9/h3-7,15H,2,8H2,1H3. The van der Waals surface area contributed by atoms with Crippen LogP contribution in [0.2, 0.25) is 0 Å². The van der Waals surface area contributed by atoms with E-state index in [2.05, 4.69) is 10.1 Å². The van der Waals surface area contributed by atoms with Crippen molar-refractivity contribution in [1.82, 2.24) is 14.8 Å². The lowest BCUT2D eigenvalue weighted by Crippen LogP contribution is -1.93. The van der Waals surface area contributed by atoms with Crippen LogP contribution in [-0.2, 0) is 13.2 Å². The molecule has 0 atom stereocenters. The second-order valence-corrected chi connectivity index (χ2v) is 3.25. The van der Waals surface area contributed by atoms with Gasteiger partial charge in [0.25, 0.3) is 0 Å². The maximum atomic E-state index is 9.22. The summed E-state index contributed by atoms with van der Waals surface area (Å²) < 4.78 is 1.82. The van der Waals surface area contributed by atoms with Crippen LogP contribution in [0.3, 0.4) is 0 Å². The Bertz CT molecular complexity index is 436. The topological polar surface area (TPSA) is 50.9 Å². The van der Waals surface area contributed by atoms with Crippen LogP contribution >= 0.6 is 0 Å². The fraction of sp³-hybridized carbons (Fsp3) is 0.273. The average Bonchev–Trinajstić information content (AvgIpc) is 2.73. The maximum Gasteiger partial charge on any atom is 0.0979 e. The van der Waals surface area contributed by atoms with Crippen LogP contribution in [0.1, 0.15) is 12.5 Å². The number of aromatic nitrogens is 3. The fourth-order valence-corrected chi connectivity index (χ4v) is 1.49. The van der Waals surface area contributed by atoms with Crippen LogP contribution in [0.5, 0.6) is 0 Å². The Kier molecular flexibility index (Phi) is 2.78. The van der Waals surface area contributed by atoms with Crippen molar-refractivity contribution in [1.29, 1.82) is 0 Å². The predicted molar refractivity (Wildman–Crippen MR) is 57.1 cm³/mol. The molecule has 0 aliphatic rings. The molecule has 4 nitrogen and oxygen atoms in total. The number of nitrogens with zero attached hydrogens (tertiary/aromatic N) is 3. The van der Waals surface area contributed by atoms with Crippen molar-refractivity contribution in [3.8, 4) is 11.3 Å².